The van der Waals surface area contributed by atoms with Crippen LogP contribution in [0.2, 0.25) is 0 Å². The van der Waals surface area contributed by atoms with Gasteiger partial charge in [-0.15, -0.1) is 0 Å². The van der Waals surface area contributed by atoms with E-state index >= 15 is 0 Å². The minimum Gasteiger partial charge on any atom is -0.479 e. The van der Waals surface area contributed by atoms with E-state index in [-0.39, 0.29) is 0 Å². The van der Waals surface area contributed by atoms with Crippen molar-refractivity contribution in [2.24, 2.45) is 5.73 Å². The van der Waals surface area contributed by atoms with Crippen LogP contribution in [0.15, 0.2) is 30.3 Å². The summed E-state index contributed by atoms with van der Waals surface area (Å²) < 4.78 is 0. The van der Waals surface area contributed by atoms with E-state index in [0.29, 0.717) is 5.69 Å². The van der Waals surface area contributed by atoms with Gasteiger partial charge < -0.3 is 15.7 Å². The number of rotatable bonds is 4. The third-order valence-corrected chi connectivity index (χ3v) is 2.71. The van der Waals surface area contributed by atoms with Gasteiger partial charge in [0.1, 0.15) is 0 Å². The van der Waals surface area contributed by atoms with Crippen LogP contribution in [-0.4, -0.2) is 29.6 Å². The lowest BCUT2D eigenvalue weighted by molar-refractivity contribution is -0.147. The quantitative estimate of drug-likeness (QED) is 0.724. The summed E-state index contributed by atoms with van der Waals surface area (Å²) in [5.74, 6) is -2.17. The van der Waals surface area contributed by atoms with Crippen molar-refractivity contribution in [2.45, 2.75) is 12.5 Å². The number of carbonyl (C=O) groups is 2. The maximum absolute atomic E-state index is 11.3. The molecule has 0 aromatic heterocycles. The van der Waals surface area contributed by atoms with Crippen molar-refractivity contribution in [3.8, 4) is 0 Å². The molecule has 1 unspecified atom stereocenters. The number of carboxylic acid groups (broad SMARTS) is 1. The Labute approximate surface area is 93.5 Å². The number of hydrogen-bond acceptors (Lipinski definition) is 3. The predicted octanol–water partition coefficient (Wildman–Crippen LogP) is 0.451. The number of hydrogen-bond donors (Lipinski definition) is 2. The van der Waals surface area contributed by atoms with E-state index in [1.807, 2.05) is 0 Å². The first-order valence-electron chi connectivity index (χ1n) is 4.73. The van der Waals surface area contributed by atoms with Crippen LogP contribution in [0, 0.1) is 0 Å². The molecule has 1 aromatic rings. The molecular weight excluding hydrogens is 208 g/mol. The molecule has 0 spiro atoms. The molecule has 0 aliphatic heterocycles. The first kappa shape index (κ1) is 12.0. The fourth-order valence-electron chi connectivity index (χ4n) is 1.32. The molecule has 0 saturated carbocycles. The number of primary amides is 1. The summed E-state index contributed by atoms with van der Waals surface area (Å²) in [6, 6.07) is 8.75. The van der Waals surface area contributed by atoms with E-state index in [2.05, 4.69) is 0 Å². The van der Waals surface area contributed by atoms with Crippen LogP contribution < -0.4 is 10.6 Å². The second kappa shape index (κ2) is 4.22. The van der Waals surface area contributed by atoms with Crippen molar-refractivity contribution in [1.82, 2.24) is 0 Å². The molecule has 0 fully saturated rings. The zero-order valence-electron chi connectivity index (χ0n) is 9.18. The van der Waals surface area contributed by atoms with E-state index in [1.165, 1.54) is 18.9 Å². The van der Waals surface area contributed by atoms with Crippen LogP contribution >= 0.6 is 0 Å². The summed E-state index contributed by atoms with van der Waals surface area (Å²) in [7, 11) is 1.52. The van der Waals surface area contributed by atoms with Gasteiger partial charge in [0, 0.05) is 12.7 Å². The van der Waals surface area contributed by atoms with Crippen molar-refractivity contribution in [2.75, 3.05) is 11.9 Å². The fraction of sp³-hybridized carbons (Fsp3) is 0.273. The topological polar surface area (TPSA) is 83.6 Å². The Hall–Kier alpha value is -2.04. The number of amides is 1. The van der Waals surface area contributed by atoms with Crippen molar-refractivity contribution in [3.05, 3.63) is 30.3 Å². The van der Waals surface area contributed by atoms with Gasteiger partial charge in [-0.05, 0) is 19.1 Å². The van der Waals surface area contributed by atoms with Crippen LogP contribution in [0.25, 0.3) is 0 Å². The summed E-state index contributed by atoms with van der Waals surface area (Å²) in [6.45, 7) is 1.28. The minimum atomic E-state index is -1.75. The Morgan fingerprint density at radius 2 is 1.81 bits per heavy atom. The Morgan fingerprint density at radius 1 is 1.31 bits per heavy atom. The van der Waals surface area contributed by atoms with Crippen molar-refractivity contribution >= 4 is 17.6 Å². The highest BCUT2D eigenvalue weighted by molar-refractivity contribution is 6.08. The van der Waals surface area contributed by atoms with Gasteiger partial charge >= 0.3 is 5.97 Å². The number of aliphatic carboxylic acids is 1. The zero-order chi connectivity index (χ0) is 12.3. The SMILES string of the molecule is CN(c1ccccc1)C(C)(C(N)=O)C(=O)O. The number of benzene rings is 1. The highest BCUT2D eigenvalue weighted by Crippen LogP contribution is 2.22. The van der Waals surface area contributed by atoms with E-state index in [9.17, 15) is 9.59 Å². The summed E-state index contributed by atoms with van der Waals surface area (Å²) in [6.07, 6.45) is 0. The Kier molecular flexibility index (Phi) is 3.17. The molecule has 5 nitrogen and oxygen atoms in total. The van der Waals surface area contributed by atoms with E-state index < -0.39 is 17.4 Å². The van der Waals surface area contributed by atoms with Gasteiger partial charge in [-0.25, -0.2) is 4.79 Å². The van der Waals surface area contributed by atoms with Gasteiger partial charge in [0.25, 0.3) is 5.91 Å². The zero-order valence-corrected chi connectivity index (χ0v) is 9.18. The molecule has 0 aliphatic rings. The lowest BCUT2D eigenvalue weighted by atomic mass is 9.99. The highest BCUT2D eigenvalue weighted by Gasteiger charge is 2.44. The van der Waals surface area contributed by atoms with Crippen LogP contribution in [0.4, 0.5) is 5.69 Å². The Morgan fingerprint density at radius 3 is 2.19 bits per heavy atom. The Bertz CT molecular complexity index is 389. The number of nitrogens with zero attached hydrogens (tertiary/aromatic N) is 1. The van der Waals surface area contributed by atoms with Crippen molar-refractivity contribution in [3.63, 3.8) is 0 Å². The number of para-hydroxylation sites is 1. The van der Waals surface area contributed by atoms with Crippen LogP contribution in [0.5, 0.6) is 0 Å². The van der Waals surface area contributed by atoms with Gasteiger partial charge in [0.05, 0.1) is 0 Å². The standard InChI is InChI=1S/C11H14N2O3/c1-11(9(12)14,10(15)16)13(2)8-6-4-3-5-7-8/h3-7H,1-2H3,(H2,12,14)(H,15,16). The molecule has 1 aromatic carbocycles. The average Bonchev–Trinajstić information content (AvgIpc) is 2.27. The monoisotopic (exact) mass is 222 g/mol. The minimum absolute atomic E-state index is 0.617. The van der Waals surface area contributed by atoms with Crippen molar-refractivity contribution < 1.29 is 14.7 Å². The smallest absolute Gasteiger partial charge is 0.339 e. The lowest BCUT2D eigenvalue weighted by Crippen LogP contribution is -2.59. The molecular formula is C11H14N2O3. The van der Waals surface area contributed by atoms with Crippen LogP contribution in [-0.2, 0) is 9.59 Å². The molecule has 0 heterocycles. The molecule has 1 rings (SSSR count). The molecule has 5 heteroatoms. The van der Waals surface area contributed by atoms with E-state index in [4.69, 9.17) is 10.8 Å². The van der Waals surface area contributed by atoms with E-state index in [0.717, 1.165) is 0 Å². The Balaban J connectivity index is 3.16. The summed E-state index contributed by atoms with van der Waals surface area (Å²) >= 11 is 0. The summed E-state index contributed by atoms with van der Waals surface area (Å²) in [4.78, 5) is 23.8. The molecule has 86 valence electrons. The van der Waals surface area contributed by atoms with Gasteiger partial charge in [0.15, 0.2) is 0 Å². The molecule has 1 amide bonds. The number of carboxylic acids is 1. The fourth-order valence-corrected chi connectivity index (χ4v) is 1.32. The summed E-state index contributed by atoms with van der Waals surface area (Å²) in [5, 5.41) is 9.09. The van der Waals surface area contributed by atoms with Gasteiger partial charge in [0.2, 0.25) is 5.54 Å². The second-order valence-electron chi connectivity index (χ2n) is 3.64. The van der Waals surface area contributed by atoms with E-state index in [1.54, 1.807) is 30.3 Å². The van der Waals surface area contributed by atoms with Gasteiger partial charge in [-0.3, -0.25) is 4.79 Å². The molecule has 0 radical (unpaired) electrons. The molecule has 16 heavy (non-hydrogen) atoms. The molecule has 0 bridgehead atoms. The van der Waals surface area contributed by atoms with Crippen LogP contribution in [0.3, 0.4) is 0 Å². The van der Waals surface area contributed by atoms with Gasteiger partial charge in [-0.1, -0.05) is 18.2 Å². The maximum atomic E-state index is 11.3. The molecule has 0 saturated heterocycles. The van der Waals surface area contributed by atoms with Gasteiger partial charge in [-0.2, -0.15) is 0 Å². The van der Waals surface area contributed by atoms with Crippen LogP contribution in [0.1, 0.15) is 6.92 Å². The number of nitrogens with two attached hydrogens (primary N) is 1. The largest absolute Gasteiger partial charge is 0.479 e. The predicted molar refractivity (Wildman–Crippen MR) is 60.1 cm³/mol. The summed E-state index contributed by atoms with van der Waals surface area (Å²) in [5.41, 5.74) is 4.02. The molecule has 3 N–H and O–H groups in total. The van der Waals surface area contributed by atoms with Crippen molar-refractivity contribution in [1.29, 1.82) is 0 Å². The first-order valence-corrected chi connectivity index (χ1v) is 4.73. The molecule has 0 aliphatic carbocycles. The number of anilines is 1. The highest BCUT2D eigenvalue weighted by atomic mass is 16.4. The maximum Gasteiger partial charge on any atom is 0.339 e. The first-order chi connectivity index (χ1) is 7.40. The average molecular weight is 222 g/mol. The molecule has 1 atom stereocenters. The second-order valence-corrected chi connectivity index (χ2v) is 3.64. The normalized spacial score (nSPS) is 13.9. The lowest BCUT2D eigenvalue weighted by Gasteiger charge is -2.33. The number of carbonyl (C=O) groups excluding carboxylic acids is 1. The number of likely N-dealkylation sites (N-methyl/N-ethyl adjacent to an activating group) is 1. The third kappa shape index (κ3) is 1.84. The third-order valence-electron chi connectivity index (χ3n) is 2.71.